The van der Waals surface area contributed by atoms with Gasteiger partial charge in [-0.05, 0) is 36.4 Å². The van der Waals surface area contributed by atoms with Crippen LogP contribution < -0.4 is 10.1 Å². The Morgan fingerprint density at radius 3 is 2.79 bits per heavy atom. The first-order valence-electron chi connectivity index (χ1n) is 8.64. The number of hydrogen-bond donors (Lipinski definition) is 3. The molecule has 1 atom stereocenters. The van der Waals surface area contributed by atoms with Crippen LogP contribution in [0.1, 0.15) is 0 Å². The lowest BCUT2D eigenvalue weighted by molar-refractivity contribution is 0.415. The van der Waals surface area contributed by atoms with Crippen molar-refractivity contribution in [2.24, 2.45) is 0 Å². The number of hydrogen-bond acceptors (Lipinski definition) is 6. The monoisotopic (exact) mass is 427 g/mol. The molecule has 0 spiro atoms. The SMILES string of the molecule is COc1cc(S(C)(=N)=O)ccc1Nc1ncc(Cl)c(-c2ccc3[nH]ccc3c2)n1. The summed E-state index contributed by atoms with van der Waals surface area (Å²) in [6.45, 7) is 0. The minimum Gasteiger partial charge on any atom is -0.495 e. The third-order valence-electron chi connectivity index (χ3n) is 4.44. The van der Waals surface area contributed by atoms with Gasteiger partial charge in [0.25, 0.3) is 0 Å². The number of nitrogens with zero attached hydrogens (tertiary/aromatic N) is 2. The predicted octanol–water partition coefficient (Wildman–Crippen LogP) is 5.07. The molecule has 0 saturated carbocycles. The average Bonchev–Trinajstić information content (AvgIpc) is 3.16. The summed E-state index contributed by atoms with van der Waals surface area (Å²) in [5.74, 6) is 0.783. The molecule has 4 aromatic rings. The Morgan fingerprint density at radius 2 is 2.03 bits per heavy atom. The summed E-state index contributed by atoms with van der Waals surface area (Å²) in [6, 6.07) is 12.8. The Kier molecular flexibility index (Phi) is 4.89. The molecule has 9 heteroatoms. The van der Waals surface area contributed by atoms with Gasteiger partial charge in [-0.25, -0.2) is 19.0 Å². The van der Waals surface area contributed by atoms with Crippen LogP contribution in [0.2, 0.25) is 5.02 Å². The molecule has 0 fully saturated rings. The Bertz CT molecular complexity index is 1320. The number of anilines is 2. The number of halogens is 1. The van der Waals surface area contributed by atoms with Crippen LogP contribution >= 0.6 is 11.6 Å². The molecule has 0 aliphatic rings. The van der Waals surface area contributed by atoms with Gasteiger partial charge in [0, 0.05) is 28.9 Å². The number of H-pyrrole nitrogens is 1. The van der Waals surface area contributed by atoms with Crippen molar-refractivity contribution < 1.29 is 8.95 Å². The first kappa shape index (κ1) is 19.2. The number of rotatable bonds is 5. The molecular formula is C20H18ClN5O2S. The van der Waals surface area contributed by atoms with Gasteiger partial charge >= 0.3 is 0 Å². The van der Waals surface area contributed by atoms with Gasteiger partial charge in [-0.3, -0.25) is 0 Å². The van der Waals surface area contributed by atoms with Gasteiger partial charge in [-0.1, -0.05) is 17.7 Å². The van der Waals surface area contributed by atoms with E-state index in [1.165, 1.54) is 19.6 Å². The lowest BCUT2D eigenvalue weighted by Crippen LogP contribution is -2.02. The molecule has 7 nitrogen and oxygen atoms in total. The number of aromatic nitrogens is 3. The second kappa shape index (κ2) is 7.38. The van der Waals surface area contributed by atoms with Gasteiger partial charge in [-0.2, -0.15) is 0 Å². The van der Waals surface area contributed by atoms with Crippen molar-refractivity contribution >= 4 is 43.9 Å². The number of benzene rings is 2. The summed E-state index contributed by atoms with van der Waals surface area (Å²) in [5, 5.41) is 4.60. The van der Waals surface area contributed by atoms with Crippen molar-refractivity contribution in [1.29, 1.82) is 4.78 Å². The van der Waals surface area contributed by atoms with Gasteiger partial charge < -0.3 is 15.0 Å². The quantitative estimate of drug-likeness (QED) is 0.412. The minimum absolute atomic E-state index is 0.340. The largest absolute Gasteiger partial charge is 0.495 e. The summed E-state index contributed by atoms with van der Waals surface area (Å²) >= 11 is 6.35. The van der Waals surface area contributed by atoms with Crippen LogP contribution in [0.25, 0.3) is 22.2 Å². The zero-order valence-electron chi connectivity index (χ0n) is 15.7. The van der Waals surface area contributed by atoms with Crippen LogP contribution in [0.3, 0.4) is 0 Å². The minimum atomic E-state index is -2.85. The fraction of sp³-hybridized carbons (Fsp3) is 0.100. The third kappa shape index (κ3) is 3.90. The first-order chi connectivity index (χ1) is 13.8. The van der Waals surface area contributed by atoms with E-state index in [2.05, 4.69) is 20.3 Å². The number of fused-ring (bicyclic) bond motifs is 1. The number of ether oxygens (including phenoxy) is 1. The molecule has 4 rings (SSSR count). The summed E-state index contributed by atoms with van der Waals surface area (Å²) in [5.41, 5.74) is 3.10. The molecular weight excluding hydrogens is 410 g/mol. The molecule has 0 amide bonds. The average molecular weight is 428 g/mol. The molecule has 0 bridgehead atoms. The van der Waals surface area contributed by atoms with Crippen molar-refractivity contribution in [3.63, 3.8) is 0 Å². The highest BCUT2D eigenvalue weighted by Crippen LogP contribution is 2.32. The van der Waals surface area contributed by atoms with E-state index in [4.69, 9.17) is 21.1 Å². The summed E-state index contributed by atoms with van der Waals surface area (Å²) < 4.78 is 25.1. The highest BCUT2D eigenvalue weighted by atomic mass is 35.5. The Morgan fingerprint density at radius 1 is 1.21 bits per heavy atom. The normalized spacial score (nSPS) is 13.2. The number of aromatic amines is 1. The number of nitrogens with one attached hydrogen (secondary N) is 3. The maximum atomic E-state index is 12.0. The third-order valence-corrected chi connectivity index (χ3v) is 5.87. The van der Waals surface area contributed by atoms with E-state index in [1.807, 2.05) is 30.5 Å². The van der Waals surface area contributed by atoms with E-state index < -0.39 is 9.73 Å². The van der Waals surface area contributed by atoms with Crippen LogP contribution in [0.15, 0.2) is 59.8 Å². The zero-order valence-corrected chi connectivity index (χ0v) is 17.3. The molecule has 3 N–H and O–H groups in total. The summed E-state index contributed by atoms with van der Waals surface area (Å²) in [4.78, 5) is 12.4. The number of methoxy groups -OCH3 is 1. The predicted molar refractivity (Wildman–Crippen MR) is 116 cm³/mol. The van der Waals surface area contributed by atoms with Gasteiger partial charge in [-0.15, -0.1) is 0 Å². The van der Waals surface area contributed by atoms with Gasteiger partial charge in [0.05, 0.1) is 44.3 Å². The summed E-state index contributed by atoms with van der Waals surface area (Å²) in [7, 11) is -1.34. The maximum Gasteiger partial charge on any atom is 0.227 e. The Hall–Kier alpha value is -3.10. The van der Waals surface area contributed by atoms with Crippen molar-refractivity contribution in [1.82, 2.24) is 15.0 Å². The standard InChI is InChI=1S/C20H18ClN5O2S/c1-28-18-10-14(29(2,22)27)4-6-17(18)25-20-24-11-15(21)19(26-20)13-3-5-16-12(9-13)7-8-23-16/h3-11,22-23H,1-2H3,(H,24,25,26). The van der Waals surface area contributed by atoms with Crippen LogP contribution in [0, 0.1) is 4.78 Å². The van der Waals surface area contributed by atoms with Crippen molar-refractivity contribution in [2.45, 2.75) is 4.90 Å². The first-order valence-corrected chi connectivity index (χ1v) is 11.0. The van der Waals surface area contributed by atoms with Crippen molar-refractivity contribution in [2.75, 3.05) is 18.7 Å². The van der Waals surface area contributed by atoms with E-state index >= 15 is 0 Å². The Labute approximate surface area is 173 Å². The fourth-order valence-corrected chi connectivity index (χ4v) is 3.83. The fourth-order valence-electron chi connectivity index (χ4n) is 2.97. The topological polar surface area (TPSA) is 104 Å². The molecule has 0 aliphatic heterocycles. The maximum absolute atomic E-state index is 12.0. The van der Waals surface area contributed by atoms with Crippen LogP contribution in [0.5, 0.6) is 5.75 Å². The van der Waals surface area contributed by atoms with E-state index in [1.54, 1.807) is 18.2 Å². The zero-order chi connectivity index (χ0) is 20.6. The van der Waals surface area contributed by atoms with Crippen molar-refractivity contribution in [3.05, 3.63) is 59.9 Å². The molecule has 2 heterocycles. The van der Waals surface area contributed by atoms with E-state index in [-0.39, 0.29) is 0 Å². The van der Waals surface area contributed by atoms with E-state index in [0.717, 1.165) is 16.5 Å². The highest BCUT2D eigenvalue weighted by molar-refractivity contribution is 7.91. The second-order valence-electron chi connectivity index (χ2n) is 6.50. The molecule has 0 aliphatic carbocycles. The van der Waals surface area contributed by atoms with Crippen LogP contribution in [-0.2, 0) is 9.73 Å². The van der Waals surface area contributed by atoms with Gasteiger partial charge in [0.1, 0.15) is 5.75 Å². The van der Waals surface area contributed by atoms with Gasteiger partial charge in [0.15, 0.2) is 0 Å². The summed E-state index contributed by atoms with van der Waals surface area (Å²) in [6.07, 6.45) is 4.78. The molecule has 148 valence electrons. The lowest BCUT2D eigenvalue weighted by atomic mass is 10.1. The molecule has 2 aromatic heterocycles. The van der Waals surface area contributed by atoms with Gasteiger partial charge in [0.2, 0.25) is 5.95 Å². The van der Waals surface area contributed by atoms with Crippen LogP contribution in [0.4, 0.5) is 11.6 Å². The molecule has 29 heavy (non-hydrogen) atoms. The van der Waals surface area contributed by atoms with E-state index in [0.29, 0.717) is 33.0 Å². The molecule has 2 aromatic carbocycles. The highest BCUT2D eigenvalue weighted by Gasteiger charge is 2.13. The smallest absolute Gasteiger partial charge is 0.227 e. The van der Waals surface area contributed by atoms with Crippen molar-refractivity contribution in [3.8, 4) is 17.0 Å². The second-order valence-corrected chi connectivity index (χ2v) is 9.07. The lowest BCUT2D eigenvalue weighted by Gasteiger charge is -2.13. The van der Waals surface area contributed by atoms with E-state index in [9.17, 15) is 4.21 Å². The Balaban J connectivity index is 1.71. The molecule has 0 radical (unpaired) electrons. The van der Waals surface area contributed by atoms with Crippen LogP contribution in [-0.4, -0.2) is 32.5 Å². The molecule has 1 unspecified atom stereocenters. The molecule has 0 saturated heterocycles.